The fourth-order valence-corrected chi connectivity index (χ4v) is 13.3. The summed E-state index contributed by atoms with van der Waals surface area (Å²) in [5.74, 6) is -1.82. The van der Waals surface area contributed by atoms with E-state index >= 15 is 0 Å². The fraction of sp³-hybridized carbons (Fsp3) is 0.641. The molecule has 6 aliphatic rings. The van der Waals surface area contributed by atoms with Crippen molar-refractivity contribution in [3.63, 3.8) is 0 Å². The van der Waals surface area contributed by atoms with Crippen molar-refractivity contribution < 1.29 is 52.8 Å². The molecule has 20 heteroatoms. The molecule has 2 aromatic carbocycles. The number of hydrogen-bond donors (Lipinski definition) is 5. The average Bonchev–Trinajstić information content (AvgIpc) is 3.74. The quantitative estimate of drug-likeness (QED) is 0.165. The summed E-state index contributed by atoms with van der Waals surface area (Å²) < 4.78 is 134. The van der Waals surface area contributed by atoms with E-state index in [1.54, 1.807) is 0 Å². The van der Waals surface area contributed by atoms with Crippen LogP contribution in [-0.2, 0) is 58.6 Å². The number of nitrogens with zero attached hydrogens (tertiary/aromatic N) is 1. The molecule has 2 aromatic rings. The van der Waals surface area contributed by atoms with Crippen molar-refractivity contribution in [2.75, 3.05) is 48.3 Å². The van der Waals surface area contributed by atoms with Gasteiger partial charge in [0.2, 0.25) is 20.0 Å². The lowest BCUT2D eigenvalue weighted by Gasteiger charge is -2.26. The lowest BCUT2D eigenvalue weighted by molar-refractivity contribution is -0.143. The first-order valence-corrected chi connectivity index (χ1v) is 23.5. The van der Waals surface area contributed by atoms with Gasteiger partial charge in [0.25, 0.3) is 0 Å². The summed E-state index contributed by atoms with van der Waals surface area (Å²) in [5, 5.41) is 8.03. The minimum Gasteiger partial charge on any atom is -0.307 e. The second kappa shape index (κ2) is 15.4. The Morgan fingerprint density at radius 1 is 0.712 bits per heavy atom. The number of sulfonamides is 2. The molecule has 1 aliphatic heterocycles. The Balaban J connectivity index is 0.999. The minimum absolute atomic E-state index is 0.0345. The number of hydrogen-bond acceptors (Lipinski definition) is 8. The van der Waals surface area contributed by atoms with Crippen molar-refractivity contribution in [3.05, 3.63) is 56.6 Å². The molecule has 0 aromatic heterocycles. The van der Waals surface area contributed by atoms with Crippen molar-refractivity contribution in [1.82, 2.24) is 19.7 Å². The Labute approximate surface area is 339 Å². The van der Waals surface area contributed by atoms with Gasteiger partial charge in [-0.2, -0.15) is 26.3 Å². The van der Waals surface area contributed by atoms with Gasteiger partial charge in [-0.1, -0.05) is 12.1 Å². The molecule has 0 spiro atoms. The highest BCUT2D eigenvalue weighted by Gasteiger charge is 2.48. The van der Waals surface area contributed by atoms with Crippen LogP contribution in [0.3, 0.4) is 0 Å². The molecule has 324 valence electrons. The van der Waals surface area contributed by atoms with Crippen molar-refractivity contribution >= 4 is 43.5 Å². The van der Waals surface area contributed by atoms with Gasteiger partial charge in [0.05, 0.1) is 24.6 Å². The molecule has 1 saturated carbocycles. The minimum atomic E-state index is -4.52. The molecule has 12 nitrogen and oxygen atoms in total. The molecule has 0 radical (unpaired) electrons. The SMILES string of the molecule is O=C(Nc1c2c(cc3c1CCC3C1CCc3cc4c(c(NC(=O)NS(=O)(=O)CC5(NCC(F)(F)F)CC5)c31)CCC4)CCC2)NS(=O)(=O)CC1CCN(CC(F)(F)F)C1. The molecule has 1 saturated heterocycles. The van der Waals surface area contributed by atoms with E-state index in [-0.39, 0.29) is 44.2 Å². The van der Waals surface area contributed by atoms with Gasteiger partial charge in [0.1, 0.15) is 0 Å². The van der Waals surface area contributed by atoms with E-state index in [1.165, 1.54) is 0 Å². The van der Waals surface area contributed by atoms with Crippen LogP contribution in [0.1, 0.15) is 101 Å². The van der Waals surface area contributed by atoms with Crippen LogP contribution in [0.4, 0.5) is 47.3 Å². The van der Waals surface area contributed by atoms with Crippen molar-refractivity contribution in [2.24, 2.45) is 5.92 Å². The smallest absolute Gasteiger partial charge is 0.307 e. The van der Waals surface area contributed by atoms with Gasteiger partial charge in [-0.05, 0) is 152 Å². The largest absolute Gasteiger partial charge is 0.401 e. The summed E-state index contributed by atoms with van der Waals surface area (Å²) in [6.45, 7) is -2.38. The predicted octanol–water partition coefficient (Wildman–Crippen LogP) is 5.90. The summed E-state index contributed by atoms with van der Waals surface area (Å²) in [4.78, 5) is 28.0. The third kappa shape index (κ3) is 9.49. The van der Waals surface area contributed by atoms with E-state index in [2.05, 4.69) is 32.8 Å². The number of halogens is 6. The Morgan fingerprint density at radius 3 is 2.00 bits per heavy atom. The Morgan fingerprint density at radius 2 is 1.34 bits per heavy atom. The van der Waals surface area contributed by atoms with Gasteiger partial charge in [0.15, 0.2) is 0 Å². The Bertz CT molecular complexity index is 2260. The molecule has 0 bridgehead atoms. The standard InChI is InChI=1S/C39H48F6N6O6S2/c40-38(41,42)19-46-37(12-13-37)21-59(56,57)50-36(53)48-34-27-6-1-3-23(27)15-25-7-8-29(32(25)34)28-9-10-30-31(28)16-24-4-2-5-26(24)33(30)47-35(52)49-58(54,55)18-22-11-14-51(17-22)20-39(43,44)45/h15-16,22,28-29,46H,1-14,17-21H2,(H2,47,49,52)(H2,48,50,53). The number of amides is 4. The maximum absolute atomic E-state index is 13.5. The fourth-order valence-electron chi connectivity index (χ4n) is 10.5. The number of benzene rings is 2. The molecule has 5 N–H and O–H groups in total. The monoisotopic (exact) mass is 874 g/mol. The van der Waals surface area contributed by atoms with Gasteiger partial charge < -0.3 is 16.0 Å². The molecular weight excluding hydrogens is 827 g/mol. The molecule has 5 aliphatic carbocycles. The number of alkyl halides is 6. The predicted molar refractivity (Wildman–Crippen MR) is 208 cm³/mol. The average molecular weight is 875 g/mol. The number of fused-ring (bicyclic) bond motifs is 4. The lowest BCUT2D eigenvalue weighted by atomic mass is 9.81. The topological polar surface area (TPSA) is 166 Å². The van der Waals surface area contributed by atoms with Crippen LogP contribution < -0.4 is 25.4 Å². The van der Waals surface area contributed by atoms with Gasteiger partial charge in [-0.3, -0.25) is 4.90 Å². The second-order valence-electron chi connectivity index (χ2n) is 17.3. The maximum Gasteiger partial charge on any atom is 0.401 e. The van der Waals surface area contributed by atoms with Gasteiger partial charge in [0, 0.05) is 23.5 Å². The summed E-state index contributed by atoms with van der Waals surface area (Å²) in [6.07, 6.45) is -0.762. The van der Waals surface area contributed by atoms with Crippen LogP contribution in [0.15, 0.2) is 12.1 Å². The highest BCUT2D eigenvalue weighted by molar-refractivity contribution is 7.90. The third-order valence-corrected chi connectivity index (χ3v) is 15.8. The number of carbonyl (C=O) groups excluding carboxylic acids is 2. The van der Waals surface area contributed by atoms with E-state index in [1.807, 2.05) is 4.72 Å². The first kappa shape index (κ1) is 42.1. The van der Waals surface area contributed by atoms with Gasteiger partial charge >= 0.3 is 24.4 Å². The summed E-state index contributed by atoms with van der Waals surface area (Å²) in [5.41, 5.74) is 7.84. The number of urea groups is 2. The Kier molecular flexibility index (Phi) is 11.0. The first-order valence-electron chi connectivity index (χ1n) is 20.2. The normalized spacial score (nSPS) is 23.4. The highest BCUT2D eigenvalue weighted by atomic mass is 32.2. The highest BCUT2D eigenvalue weighted by Crippen LogP contribution is 2.55. The first-order chi connectivity index (χ1) is 27.7. The number of anilines is 2. The van der Waals surface area contributed by atoms with Gasteiger partial charge in [-0.15, -0.1) is 0 Å². The Hall–Kier alpha value is -3.62. The van der Waals surface area contributed by atoms with E-state index in [0.717, 1.165) is 87.9 Å². The van der Waals surface area contributed by atoms with Crippen LogP contribution in [0, 0.1) is 5.92 Å². The summed E-state index contributed by atoms with van der Waals surface area (Å²) >= 11 is 0. The zero-order valence-electron chi connectivity index (χ0n) is 32.3. The number of rotatable bonds is 12. The van der Waals surface area contributed by atoms with Crippen LogP contribution in [0.2, 0.25) is 0 Å². The van der Waals surface area contributed by atoms with E-state index in [0.29, 0.717) is 37.1 Å². The number of aryl methyl sites for hydroxylation is 3. The molecular formula is C39H48F6N6O6S2. The van der Waals surface area contributed by atoms with Crippen molar-refractivity contribution in [2.45, 2.75) is 113 Å². The zero-order chi connectivity index (χ0) is 42.1. The summed E-state index contributed by atoms with van der Waals surface area (Å²) in [7, 11) is -8.49. The van der Waals surface area contributed by atoms with E-state index in [4.69, 9.17) is 0 Å². The molecule has 3 atom stereocenters. The molecule has 1 heterocycles. The van der Waals surface area contributed by atoms with Crippen LogP contribution in [0.5, 0.6) is 0 Å². The van der Waals surface area contributed by atoms with E-state index in [9.17, 15) is 52.8 Å². The number of carbonyl (C=O) groups is 2. The van der Waals surface area contributed by atoms with Crippen LogP contribution in [-0.4, -0.2) is 89.4 Å². The maximum atomic E-state index is 13.5. The molecule has 8 rings (SSSR count). The van der Waals surface area contributed by atoms with E-state index < -0.39 is 80.5 Å². The van der Waals surface area contributed by atoms with Crippen LogP contribution in [0.25, 0.3) is 0 Å². The van der Waals surface area contributed by atoms with Crippen molar-refractivity contribution in [1.29, 1.82) is 0 Å². The van der Waals surface area contributed by atoms with Gasteiger partial charge in [-0.25, -0.2) is 35.9 Å². The molecule has 4 amide bonds. The summed E-state index contributed by atoms with van der Waals surface area (Å²) in [6, 6.07) is 2.45. The molecule has 2 fully saturated rings. The third-order valence-electron chi connectivity index (χ3n) is 12.9. The number of likely N-dealkylation sites (tertiary alicyclic amines) is 1. The second-order valence-corrected chi connectivity index (χ2v) is 20.8. The molecule has 3 unspecified atom stereocenters. The van der Waals surface area contributed by atoms with Crippen molar-refractivity contribution in [3.8, 4) is 0 Å². The van der Waals surface area contributed by atoms with Crippen LogP contribution >= 0.6 is 0 Å². The lowest BCUT2D eigenvalue weighted by Crippen LogP contribution is -2.47. The number of nitrogens with one attached hydrogen (secondary N) is 5. The molecule has 59 heavy (non-hydrogen) atoms. The zero-order valence-corrected chi connectivity index (χ0v) is 33.9.